The second kappa shape index (κ2) is 10.4. The molecule has 0 radical (unpaired) electrons. The lowest BCUT2D eigenvalue weighted by molar-refractivity contribution is -0.131. The monoisotopic (exact) mass is 481 g/mol. The Hall–Kier alpha value is -3.23. The maximum Gasteiger partial charge on any atom is 0.243 e. The minimum Gasteiger partial charge on any atom is -0.339 e. The molecule has 0 N–H and O–H groups in total. The Labute approximate surface area is 200 Å². The molecule has 0 atom stereocenters. The zero-order valence-electron chi connectivity index (χ0n) is 19.0. The van der Waals surface area contributed by atoms with Gasteiger partial charge in [-0.15, -0.1) is 0 Å². The average molecular weight is 482 g/mol. The summed E-state index contributed by atoms with van der Waals surface area (Å²) in [5.74, 6) is -0.739. The van der Waals surface area contributed by atoms with Gasteiger partial charge in [0.25, 0.3) is 0 Å². The van der Waals surface area contributed by atoms with Crippen LogP contribution in [0, 0.1) is 5.82 Å². The van der Waals surface area contributed by atoms with Crippen molar-refractivity contribution in [2.75, 3.05) is 43.3 Å². The second-order valence-corrected chi connectivity index (χ2v) is 10.3. The van der Waals surface area contributed by atoms with Gasteiger partial charge in [0, 0.05) is 26.2 Å². The van der Waals surface area contributed by atoms with E-state index in [-0.39, 0.29) is 24.2 Å². The van der Waals surface area contributed by atoms with Crippen LogP contribution in [-0.4, -0.2) is 63.1 Å². The highest BCUT2D eigenvalue weighted by Crippen LogP contribution is 2.29. The number of nitrogens with zero attached hydrogens (tertiary/aromatic N) is 3. The Balaban J connectivity index is 1.46. The summed E-state index contributed by atoms with van der Waals surface area (Å²) in [5, 5.41) is 0. The molecule has 0 spiro atoms. The summed E-state index contributed by atoms with van der Waals surface area (Å²) in [6.45, 7) is 2.00. The minimum atomic E-state index is -3.71. The average Bonchev–Trinajstić information content (AvgIpc) is 2.84. The van der Waals surface area contributed by atoms with Gasteiger partial charge in [0.1, 0.15) is 12.4 Å². The first-order valence-electron chi connectivity index (χ1n) is 11.2. The Morgan fingerprint density at radius 1 is 0.853 bits per heavy atom. The van der Waals surface area contributed by atoms with Gasteiger partial charge in [0.2, 0.25) is 15.9 Å². The maximum absolute atomic E-state index is 13.3. The predicted molar refractivity (Wildman–Crippen MR) is 131 cm³/mol. The molecule has 1 aliphatic heterocycles. The molecule has 6 nitrogen and oxygen atoms in total. The van der Waals surface area contributed by atoms with Gasteiger partial charge in [-0.2, -0.15) is 0 Å². The molecule has 1 aliphatic rings. The topological polar surface area (TPSA) is 60.9 Å². The molecule has 3 aromatic carbocycles. The summed E-state index contributed by atoms with van der Waals surface area (Å²) in [5.41, 5.74) is 2.64. The zero-order chi connectivity index (χ0) is 24.1. The van der Waals surface area contributed by atoms with Crippen molar-refractivity contribution < 1.29 is 17.6 Å². The van der Waals surface area contributed by atoms with Gasteiger partial charge >= 0.3 is 0 Å². The predicted octanol–water partition coefficient (Wildman–Crippen LogP) is 3.53. The summed E-state index contributed by atoms with van der Waals surface area (Å²) >= 11 is 0. The Kier molecular flexibility index (Phi) is 7.29. The van der Waals surface area contributed by atoms with Gasteiger partial charge in [-0.05, 0) is 35.4 Å². The molecular formula is C26H28FN3O3S. The van der Waals surface area contributed by atoms with E-state index in [1.54, 1.807) is 4.90 Å². The summed E-state index contributed by atoms with van der Waals surface area (Å²) in [4.78, 5) is 17.1. The first kappa shape index (κ1) is 23.9. The third-order valence-corrected chi connectivity index (χ3v) is 7.20. The number of sulfonamides is 1. The largest absolute Gasteiger partial charge is 0.339 e. The van der Waals surface area contributed by atoms with Crippen molar-refractivity contribution in [3.05, 3.63) is 102 Å². The van der Waals surface area contributed by atoms with Gasteiger partial charge in [0.05, 0.1) is 18.0 Å². The maximum atomic E-state index is 13.3. The number of rotatable bonds is 7. The number of piperazine rings is 1. The first-order chi connectivity index (χ1) is 16.3. The van der Waals surface area contributed by atoms with E-state index in [0.717, 1.165) is 10.6 Å². The fourth-order valence-electron chi connectivity index (χ4n) is 4.34. The zero-order valence-corrected chi connectivity index (χ0v) is 19.9. The smallest absolute Gasteiger partial charge is 0.243 e. The van der Waals surface area contributed by atoms with Crippen LogP contribution >= 0.6 is 0 Å². The van der Waals surface area contributed by atoms with Gasteiger partial charge in [-0.1, -0.05) is 60.7 Å². The van der Waals surface area contributed by atoms with Crippen LogP contribution in [0.3, 0.4) is 0 Å². The van der Waals surface area contributed by atoms with Crippen molar-refractivity contribution in [3.63, 3.8) is 0 Å². The van der Waals surface area contributed by atoms with E-state index in [1.165, 1.54) is 35.4 Å². The molecule has 3 aromatic rings. The highest BCUT2D eigenvalue weighted by molar-refractivity contribution is 7.92. The molecule has 1 saturated heterocycles. The number of anilines is 1. The van der Waals surface area contributed by atoms with Crippen LogP contribution in [0.25, 0.3) is 0 Å². The summed E-state index contributed by atoms with van der Waals surface area (Å²) in [6, 6.07) is 25.7. The highest BCUT2D eigenvalue weighted by Gasteiger charge is 2.30. The van der Waals surface area contributed by atoms with Crippen molar-refractivity contribution in [2.24, 2.45) is 0 Å². The molecule has 178 valence electrons. The third kappa shape index (κ3) is 5.63. The quantitative estimate of drug-likeness (QED) is 0.518. The highest BCUT2D eigenvalue weighted by atomic mass is 32.2. The molecule has 0 aromatic heterocycles. The molecule has 34 heavy (non-hydrogen) atoms. The van der Waals surface area contributed by atoms with Crippen molar-refractivity contribution in [1.29, 1.82) is 0 Å². The van der Waals surface area contributed by atoms with E-state index >= 15 is 0 Å². The van der Waals surface area contributed by atoms with Crippen LogP contribution in [0.1, 0.15) is 17.2 Å². The van der Waals surface area contributed by atoms with Gasteiger partial charge in [-0.25, -0.2) is 12.8 Å². The van der Waals surface area contributed by atoms with Gasteiger partial charge in [0.15, 0.2) is 0 Å². The van der Waals surface area contributed by atoms with Crippen molar-refractivity contribution in [1.82, 2.24) is 9.80 Å². The van der Waals surface area contributed by atoms with E-state index in [4.69, 9.17) is 0 Å². The van der Waals surface area contributed by atoms with Crippen LogP contribution < -0.4 is 4.31 Å². The number of hydrogen-bond acceptors (Lipinski definition) is 4. The van der Waals surface area contributed by atoms with E-state index in [2.05, 4.69) is 29.2 Å². The number of carbonyl (C=O) groups is 1. The summed E-state index contributed by atoms with van der Waals surface area (Å²) < 4.78 is 39.0. The SMILES string of the molecule is CS(=O)(=O)N(CC(=O)N1CCN(C(c2ccccc2)c2ccccc2)CC1)c1ccc(F)cc1. The fraction of sp³-hybridized carbons (Fsp3) is 0.269. The normalized spacial score (nSPS) is 14.9. The van der Waals surface area contributed by atoms with Crippen LogP contribution in [-0.2, 0) is 14.8 Å². The molecule has 0 unspecified atom stereocenters. The van der Waals surface area contributed by atoms with E-state index in [1.807, 2.05) is 36.4 Å². The van der Waals surface area contributed by atoms with E-state index in [9.17, 15) is 17.6 Å². The first-order valence-corrected chi connectivity index (χ1v) is 13.0. The third-order valence-electron chi connectivity index (χ3n) is 6.06. The number of benzene rings is 3. The van der Waals surface area contributed by atoms with Crippen LogP contribution in [0.4, 0.5) is 10.1 Å². The molecule has 8 heteroatoms. The molecule has 1 heterocycles. The van der Waals surface area contributed by atoms with Crippen LogP contribution in [0.2, 0.25) is 0 Å². The molecule has 4 rings (SSSR count). The lowest BCUT2D eigenvalue weighted by atomic mass is 9.96. The molecule has 1 fully saturated rings. The molecule has 0 bridgehead atoms. The number of amides is 1. The van der Waals surface area contributed by atoms with Crippen LogP contribution in [0.5, 0.6) is 0 Å². The molecule has 0 saturated carbocycles. The lowest BCUT2D eigenvalue weighted by Gasteiger charge is -2.40. The van der Waals surface area contributed by atoms with Crippen molar-refractivity contribution in [2.45, 2.75) is 6.04 Å². The van der Waals surface area contributed by atoms with E-state index in [0.29, 0.717) is 26.2 Å². The number of carbonyl (C=O) groups excluding carboxylic acids is 1. The summed E-state index contributed by atoms with van der Waals surface area (Å²) in [7, 11) is -3.71. The lowest BCUT2D eigenvalue weighted by Crippen LogP contribution is -2.52. The van der Waals surface area contributed by atoms with Crippen LogP contribution in [0.15, 0.2) is 84.9 Å². The number of hydrogen-bond donors (Lipinski definition) is 0. The second-order valence-electron chi connectivity index (χ2n) is 8.39. The standard InChI is InChI=1S/C26H28FN3O3S/c1-34(32,33)30(24-14-12-23(27)13-15-24)20-25(31)28-16-18-29(19-17-28)26(21-8-4-2-5-9-21)22-10-6-3-7-11-22/h2-15,26H,16-20H2,1H3. The van der Waals surface area contributed by atoms with Crippen molar-refractivity contribution in [3.8, 4) is 0 Å². The molecule has 1 amide bonds. The minimum absolute atomic E-state index is 0.0754. The Morgan fingerprint density at radius 3 is 1.82 bits per heavy atom. The number of halogens is 1. The molecule has 0 aliphatic carbocycles. The Morgan fingerprint density at radius 2 is 1.35 bits per heavy atom. The summed E-state index contributed by atoms with van der Waals surface area (Å²) in [6.07, 6.45) is 1.05. The van der Waals surface area contributed by atoms with Gasteiger partial charge in [-0.3, -0.25) is 14.0 Å². The van der Waals surface area contributed by atoms with Gasteiger partial charge < -0.3 is 4.90 Å². The van der Waals surface area contributed by atoms with E-state index < -0.39 is 15.8 Å². The Bertz CT molecular complexity index is 1160. The van der Waals surface area contributed by atoms with Crippen molar-refractivity contribution >= 4 is 21.6 Å². The molecular weight excluding hydrogens is 453 g/mol. The fourth-order valence-corrected chi connectivity index (χ4v) is 5.19.